The molecule has 0 radical (unpaired) electrons. The van der Waals surface area contributed by atoms with Crippen LogP contribution in [0.15, 0.2) is 24.5 Å². The van der Waals surface area contributed by atoms with E-state index < -0.39 is 0 Å². The standard InChI is InChI=1S/C19H29N5O2/c1-13(2)7-9-21-18-17(20)19(24-12-23-18)22-10-8-14-5-6-15(25-3)16(11-14)26-4/h5-6,11-13H,7-10,20H2,1-4H3,(H2,21,22,23,24). The number of nitrogens with two attached hydrogens (primary N) is 1. The monoisotopic (exact) mass is 359 g/mol. The Morgan fingerprint density at radius 3 is 2.27 bits per heavy atom. The van der Waals surface area contributed by atoms with Crippen LogP contribution >= 0.6 is 0 Å². The second-order valence-electron chi connectivity index (χ2n) is 6.46. The predicted octanol–water partition coefficient (Wildman–Crippen LogP) is 3.19. The second kappa shape index (κ2) is 9.70. The summed E-state index contributed by atoms with van der Waals surface area (Å²) in [5.41, 5.74) is 7.86. The van der Waals surface area contributed by atoms with Gasteiger partial charge in [-0.1, -0.05) is 19.9 Å². The molecule has 1 aromatic heterocycles. The summed E-state index contributed by atoms with van der Waals surface area (Å²) in [4.78, 5) is 8.47. The van der Waals surface area contributed by atoms with Crippen LogP contribution in [0.3, 0.4) is 0 Å². The number of ether oxygens (including phenoxy) is 2. The maximum absolute atomic E-state index is 6.18. The number of nitrogens with zero attached hydrogens (tertiary/aromatic N) is 2. The molecule has 0 unspecified atom stereocenters. The minimum atomic E-state index is 0.545. The molecule has 0 spiro atoms. The third-order valence-electron chi connectivity index (χ3n) is 4.05. The lowest BCUT2D eigenvalue weighted by Crippen LogP contribution is -2.13. The van der Waals surface area contributed by atoms with Crippen molar-refractivity contribution in [1.82, 2.24) is 9.97 Å². The summed E-state index contributed by atoms with van der Waals surface area (Å²) in [7, 11) is 3.26. The zero-order valence-corrected chi connectivity index (χ0v) is 16.0. The fourth-order valence-electron chi connectivity index (χ4n) is 2.52. The van der Waals surface area contributed by atoms with Crippen LogP contribution < -0.4 is 25.8 Å². The number of hydrogen-bond acceptors (Lipinski definition) is 7. The smallest absolute Gasteiger partial charge is 0.160 e. The van der Waals surface area contributed by atoms with Gasteiger partial charge in [0.25, 0.3) is 0 Å². The number of benzene rings is 1. The number of anilines is 3. The average Bonchev–Trinajstić information content (AvgIpc) is 2.64. The molecule has 1 heterocycles. The molecule has 0 saturated heterocycles. The largest absolute Gasteiger partial charge is 0.493 e. The molecule has 0 aliphatic carbocycles. The molecule has 0 aliphatic rings. The van der Waals surface area contributed by atoms with Crippen molar-refractivity contribution in [2.45, 2.75) is 26.7 Å². The number of hydrogen-bond donors (Lipinski definition) is 3. The van der Waals surface area contributed by atoms with Crippen molar-refractivity contribution in [3.63, 3.8) is 0 Å². The fourth-order valence-corrected chi connectivity index (χ4v) is 2.52. The summed E-state index contributed by atoms with van der Waals surface area (Å²) in [6.45, 7) is 5.91. The van der Waals surface area contributed by atoms with Crippen LogP contribution in [0, 0.1) is 5.92 Å². The van der Waals surface area contributed by atoms with Crippen LogP contribution in [0.4, 0.5) is 17.3 Å². The van der Waals surface area contributed by atoms with Gasteiger partial charge in [-0.05, 0) is 36.5 Å². The topological polar surface area (TPSA) is 94.3 Å². The van der Waals surface area contributed by atoms with Gasteiger partial charge < -0.3 is 25.8 Å². The average molecular weight is 359 g/mol. The molecule has 2 aromatic rings. The summed E-state index contributed by atoms with van der Waals surface area (Å²) in [6, 6.07) is 5.90. The van der Waals surface area contributed by atoms with Gasteiger partial charge in [0.05, 0.1) is 14.2 Å². The molecule has 7 heteroatoms. The van der Waals surface area contributed by atoms with Crippen LogP contribution in [-0.4, -0.2) is 37.3 Å². The minimum absolute atomic E-state index is 0.545. The van der Waals surface area contributed by atoms with E-state index in [1.807, 2.05) is 18.2 Å². The normalized spacial score (nSPS) is 10.7. The molecule has 0 bridgehead atoms. The molecule has 0 fully saturated rings. The number of rotatable bonds is 10. The highest BCUT2D eigenvalue weighted by Crippen LogP contribution is 2.28. The van der Waals surface area contributed by atoms with Crippen molar-refractivity contribution < 1.29 is 9.47 Å². The van der Waals surface area contributed by atoms with E-state index in [9.17, 15) is 0 Å². The Kier molecular flexibility index (Phi) is 7.32. The molecular weight excluding hydrogens is 330 g/mol. The molecule has 142 valence electrons. The Morgan fingerprint density at radius 2 is 1.65 bits per heavy atom. The van der Waals surface area contributed by atoms with Crippen LogP contribution in [0.1, 0.15) is 25.8 Å². The number of nitrogens with one attached hydrogen (secondary N) is 2. The van der Waals surface area contributed by atoms with Gasteiger partial charge in [0.1, 0.15) is 12.0 Å². The van der Waals surface area contributed by atoms with Crippen LogP contribution in [-0.2, 0) is 6.42 Å². The van der Waals surface area contributed by atoms with Gasteiger partial charge in [-0.2, -0.15) is 0 Å². The highest BCUT2D eigenvalue weighted by Gasteiger charge is 2.08. The molecule has 0 atom stereocenters. The SMILES string of the molecule is COc1ccc(CCNc2ncnc(NCCC(C)C)c2N)cc1OC. The third-order valence-corrected chi connectivity index (χ3v) is 4.05. The molecule has 0 amide bonds. The number of methoxy groups -OCH3 is 2. The highest BCUT2D eigenvalue weighted by atomic mass is 16.5. The van der Waals surface area contributed by atoms with Crippen LogP contribution in [0.2, 0.25) is 0 Å². The molecular formula is C19H29N5O2. The van der Waals surface area contributed by atoms with Crippen LogP contribution in [0.25, 0.3) is 0 Å². The quantitative estimate of drug-likeness (QED) is 0.600. The second-order valence-corrected chi connectivity index (χ2v) is 6.46. The molecule has 26 heavy (non-hydrogen) atoms. The maximum atomic E-state index is 6.18. The molecule has 4 N–H and O–H groups in total. The van der Waals surface area contributed by atoms with E-state index in [4.69, 9.17) is 15.2 Å². The van der Waals surface area contributed by atoms with Gasteiger partial charge in [-0.25, -0.2) is 9.97 Å². The fraction of sp³-hybridized carbons (Fsp3) is 0.474. The summed E-state index contributed by atoms with van der Waals surface area (Å²) < 4.78 is 10.6. The zero-order valence-electron chi connectivity index (χ0n) is 16.0. The van der Waals surface area contributed by atoms with Crippen molar-refractivity contribution in [3.05, 3.63) is 30.1 Å². The molecule has 0 aliphatic heterocycles. The van der Waals surface area contributed by atoms with Crippen molar-refractivity contribution in [1.29, 1.82) is 0 Å². The highest BCUT2D eigenvalue weighted by molar-refractivity contribution is 5.73. The Bertz CT molecular complexity index is 706. The molecule has 1 aromatic carbocycles. The summed E-state index contributed by atoms with van der Waals surface area (Å²) in [5.74, 6) is 3.40. The third kappa shape index (κ3) is 5.40. The Balaban J connectivity index is 1.93. The Morgan fingerprint density at radius 1 is 1.00 bits per heavy atom. The lowest BCUT2D eigenvalue weighted by molar-refractivity contribution is 0.354. The Labute approximate surface area is 155 Å². The first kappa shape index (κ1) is 19.6. The van der Waals surface area contributed by atoms with E-state index in [1.165, 1.54) is 6.33 Å². The van der Waals surface area contributed by atoms with Gasteiger partial charge in [0, 0.05) is 13.1 Å². The van der Waals surface area contributed by atoms with Crippen molar-refractivity contribution in [2.75, 3.05) is 43.7 Å². The lowest BCUT2D eigenvalue weighted by atomic mass is 10.1. The summed E-state index contributed by atoms with van der Waals surface area (Å²) in [5, 5.41) is 6.55. The predicted molar refractivity (Wildman–Crippen MR) is 106 cm³/mol. The van der Waals surface area contributed by atoms with Gasteiger partial charge >= 0.3 is 0 Å². The number of aromatic nitrogens is 2. The van der Waals surface area contributed by atoms with E-state index in [1.54, 1.807) is 14.2 Å². The lowest BCUT2D eigenvalue weighted by Gasteiger charge is -2.13. The van der Waals surface area contributed by atoms with Gasteiger partial charge in [0.2, 0.25) is 0 Å². The van der Waals surface area contributed by atoms with E-state index in [-0.39, 0.29) is 0 Å². The maximum Gasteiger partial charge on any atom is 0.160 e. The van der Waals surface area contributed by atoms with E-state index in [2.05, 4.69) is 34.4 Å². The van der Waals surface area contributed by atoms with Gasteiger partial charge in [0.15, 0.2) is 23.1 Å². The number of nitrogen functional groups attached to an aromatic ring is 1. The van der Waals surface area contributed by atoms with E-state index in [0.29, 0.717) is 29.8 Å². The van der Waals surface area contributed by atoms with Gasteiger partial charge in [-0.15, -0.1) is 0 Å². The molecule has 0 saturated carbocycles. The first-order chi connectivity index (χ1) is 12.5. The van der Waals surface area contributed by atoms with E-state index >= 15 is 0 Å². The summed E-state index contributed by atoms with van der Waals surface area (Å²) in [6.07, 6.45) is 3.39. The Hall–Kier alpha value is -2.70. The first-order valence-electron chi connectivity index (χ1n) is 8.84. The van der Waals surface area contributed by atoms with E-state index in [0.717, 1.165) is 36.4 Å². The molecule has 2 rings (SSSR count). The van der Waals surface area contributed by atoms with Crippen molar-refractivity contribution >= 4 is 17.3 Å². The van der Waals surface area contributed by atoms with Crippen LogP contribution in [0.5, 0.6) is 11.5 Å². The summed E-state index contributed by atoms with van der Waals surface area (Å²) >= 11 is 0. The van der Waals surface area contributed by atoms with Crippen molar-refractivity contribution in [3.8, 4) is 11.5 Å². The molecule has 7 nitrogen and oxygen atoms in total. The van der Waals surface area contributed by atoms with Crippen molar-refractivity contribution in [2.24, 2.45) is 5.92 Å². The minimum Gasteiger partial charge on any atom is -0.493 e. The van der Waals surface area contributed by atoms with Gasteiger partial charge in [-0.3, -0.25) is 0 Å². The first-order valence-corrected chi connectivity index (χ1v) is 8.84. The zero-order chi connectivity index (χ0) is 18.9.